The Balaban J connectivity index is -0.000000372. The predicted octanol–water partition coefficient (Wildman–Crippen LogP) is 2.80. The normalized spacial score (nSPS) is 12.6. The molecule has 0 aliphatic carbocycles. The molecule has 146 valence electrons. The van der Waals surface area contributed by atoms with Gasteiger partial charge in [0.15, 0.2) is 0 Å². The zero-order valence-electron chi connectivity index (χ0n) is 18.0. The van der Waals surface area contributed by atoms with Gasteiger partial charge in [0.1, 0.15) is 0 Å². The standard InChI is InChI=1S/2C10H20O2.Sn/c2*1-6-7-9(2,3)10(4,5)8(11)12;/h2*6-7H2,1-5H3,(H,11,12);/q;;+2/p-2. The summed E-state index contributed by atoms with van der Waals surface area (Å²) in [5.74, 6) is -1.91. The fourth-order valence-electron chi connectivity index (χ4n) is 2.43. The fourth-order valence-corrected chi connectivity index (χ4v) is 2.43. The molecule has 5 heteroatoms. The van der Waals surface area contributed by atoms with Crippen LogP contribution in [0.25, 0.3) is 0 Å². The molecule has 0 unspecified atom stereocenters. The zero-order valence-corrected chi connectivity index (χ0v) is 20.8. The second-order valence-electron chi connectivity index (χ2n) is 9.09. The summed E-state index contributed by atoms with van der Waals surface area (Å²) in [4.78, 5) is 21.7. The van der Waals surface area contributed by atoms with E-state index < -0.39 is 22.8 Å². The Bertz CT molecular complexity index is 383. The van der Waals surface area contributed by atoms with Crippen molar-refractivity contribution in [2.45, 2.75) is 94.9 Å². The van der Waals surface area contributed by atoms with E-state index in [1.165, 1.54) is 0 Å². The van der Waals surface area contributed by atoms with Crippen LogP contribution in [0.3, 0.4) is 0 Å². The van der Waals surface area contributed by atoms with Crippen LogP contribution in [0.2, 0.25) is 0 Å². The molecule has 0 N–H and O–H groups in total. The molecule has 0 aliphatic heterocycles. The van der Waals surface area contributed by atoms with Crippen molar-refractivity contribution in [2.24, 2.45) is 21.7 Å². The first-order valence-corrected chi connectivity index (χ1v) is 8.94. The molecule has 0 atom stereocenters. The molecule has 0 bridgehead atoms. The average molecular weight is 461 g/mol. The van der Waals surface area contributed by atoms with E-state index in [4.69, 9.17) is 0 Å². The first-order chi connectivity index (χ1) is 10.5. The van der Waals surface area contributed by atoms with Crippen molar-refractivity contribution in [3.05, 3.63) is 0 Å². The molecule has 4 nitrogen and oxygen atoms in total. The number of carboxylic acid groups (broad SMARTS) is 2. The molecule has 2 radical (unpaired) electrons. The van der Waals surface area contributed by atoms with E-state index in [2.05, 4.69) is 13.8 Å². The maximum atomic E-state index is 10.8. The van der Waals surface area contributed by atoms with Gasteiger partial charge in [0.25, 0.3) is 0 Å². The number of hydrogen-bond acceptors (Lipinski definition) is 4. The molecular formula is C20H38O4Sn. The molecule has 25 heavy (non-hydrogen) atoms. The molecule has 0 aromatic heterocycles. The van der Waals surface area contributed by atoms with E-state index >= 15 is 0 Å². The third kappa shape index (κ3) is 7.88. The van der Waals surface area contributed by atoms with Crippen LogP contribution in [0.15, 0.2) is 0 Å². The molecular weight excluding hydrogens is 423 g/mol. The molecule has 0 amide bonds. The summed E-state index contributed by atoms with van der Waals surface area (Å²) >= 11 is 0. The van der Waals surface area contributed by atoms with Gasteiger partial charge in [-0.25, -0.2) is 0 Å². The number of aliphatic carboxylic acids is 2. The monoisotopic (exact) mass is 462 g/mol. The molecule has 0 heterocycles. The Morgan fingerprint density at radius 1 is 0.640 bits per heavy atom. The summed E-state index contributed by atoms with van der Waals surface area (Å²) in [5, 5.41) is 21.7. The number of carbonyl (C=O) groups excluding carboxylic acids is 2. The molecule has 0 saturated heterocycles. The summed E-state index contributed by atoms with van der Waals surface area (Å²) in [7, 11) is 0. The molecule has 0 spiro atoms. The largest absolute Gasteiger partial charge is 2.00 e. The Labute approximate surface area is 172 Å². The van der Waals surface area contributed by atoms with Crippen molar-refractivity contribution in [1.29, 1.82) is 0 Å². The summed E-state index contributed by atoms with van der Waals surface area (Å²) in [6.07, 6.45) is 3.83. The molecule has 0 aromatic rings. The van der Waals surface area contributed by atoms with Crippen molar-refractivity contribution in [3.63, 3.8) is 0 Å². The van der Waals surface area contributed by atoms with E-state index in [0.717, 1.165) is 25.7 Å². The van der Waals surface area contributed by atoms with E-state index in [9.17, 15) is 19.8 Å². The van der Waals surface area contributed by atoms with Crippen LogP contribution < -0.4 is 10.2 Å². The van der Waals surface area contributed by atoms with Crippen molar-refractivity contribution < 1.29 is 19.8 Å². The van der Waals surface area contributed by atoms with Gasteiger partial charge in [-0.05, 0) is 23.7 Å². The molecule has 0 fully saturated rings. The summed E-state index contributed by atoms with van der Waals surface area (Å²) in [5.41, 5.74) is -1.88. The zero-order chi connectivity index (χ0) is 20.0. The first kappa shape index (κ1) is 29.5. The van der Waals surface area contributed by atoms with Crippen LogP contribution in [0.1, 0.15) is 94.9 Å². The van der Waals surface area contributed by atoms with Gasteiger partial charge in [0.2, 0.25) is 0 Å². The maximum Gasteiger partial charge on any atom is 2.00 e. The van der Waals surface area contributed by atoms with E-state index in [1.807, 2.05) is 27.7 Å². The third-order valence-corrected chi connectivity index (χ3v) is 6.15. The predicted molar refractivity (Wildman–Crippen MR) is 101 cm³/mol. The SMILES string of the molecule is CCCC(C)(C)C(C)(C)C(=O)[O-].CCCC(C)(C)C(C)(C)C(=O)[O-].[Sn+2]. The van der Waals surface area contributed by atoms with Crippen molar-refractivity contribution in [3.8, 4) is 0 Å². The van der Waals surface area contributed by atoms with Crippen LogP contribution in [0.4, 0.5) is 0 Å². The van der Waals surface area contributed by atoms with Crippen molar-refractivity contribution in [2.75, 3.05) is 0 Å². The molecule has 0 aromatic carbocycles. The minimum Gasteiger partial charge on any atom is -0.550 e. The average Bonchev–Trinajstić information content (AvgIpc) is 2.38. The van der Waals surface area contributed by atoms with Gasteiger partial charge < -0.3 is 19.8 Å². The molecule has 0 saturated carbocycles. The van der Waals surface area contributed by atoms with Crippen molar-refractivity contribution in [1.82, 2.24) is 0 Å². The molecule has 0 rings (SSSR count). The quantitative estimate of drug-likeness (QED) is 0.521. The van der Waals surface area contributed by atoms with Crippen LogP contribution in [0.5, 0.6) is 0 Å². The topological polar surface area (TPSA) is 80.3 Å². The minimum atomic E-state index is -0.957. The smallest absolute Gasteiger partial charge is 0.550 e. The van der Waals surface area contributed by atoms with E-state index in [1.54, 1.807) is 27.7 Å². The second-order valence-corrected chi connectivity index (χ2v) is 9.09. The number of carbonyl (C=O) groups is 2. The third-order valence-electron chi connectivity index (χ3n) is 6.15. The number of rotatable bonds is 8. The summed E-state index contributed by atoms with van der Waals surface area (Å²) in [6.45, 7) is 19.0. The summed E-state index contributed by atoms with van der Waals surface area (Å²) < 4.78 is 0. The fraction of sp³-hybridized carbons (Fsp3) is 0.900. The van der Waals surface area contributed by atoms with Gasteiger partial charge >= 0.3 is 23.9 Å². The van der Waals surface area contributed by atoms with Crippen LogP contribution in [-0.4, -0.2) is 35.8 Å². The van der Waals surface area contributed by atoms with Gasteiger partial charge in [-0.2, -0.15) is 0 Å². The van der Waals surface area contributed by atoms with Gasteiger partial charge in [0.05, 0.1) is 0 Å². The van der Waals surface area contributed by atoms with Crippen LogP contribution in [0, 0.1) is 21.7 Å². The van der Waals surface area contributed by atoms with Gasteiger partial charge in [-0.3, -0.25) is 0 Å². The Hall–Kier alpha value is -0.261. The first-order valence-electron chi connectivity index (χ1n) is 8.94. The van der Waals surface area contributed by atoms with Crippen molar-refractivity contribution >= 4 is 35.8 Å². The van der Waals surface area contributed by atoms with E-state index in [-0.39, 0.29) is 34.7 Å². The second kappa shape index (κ2) is 10.8. The van der Waals surface area contributed by atoms with Gasteiger partial charge in [-0.15, -0.1) is 0 Å². The Kier molecular flexibility index (Phi) is 12.7. The van der Waals surface area contributed by atoms with Crippen LogP contribution in [-0.2, 0) is 9.59 Å². The Morgan fingerprint density at radius 2 is 0.840 bits per heavy atom. The minimum absolute atomic E-state index is 0. The van der Waals surface area contributed by atoms with Gasteiger partial charge in [0, 0.05) is 22.8 Å². The Morgan fingerprint density at radius 3 is 0.960 bits per heavy atom. The molecule has 0 aliphatic rings. The number of carboxylic acids is 2. The van der Waals surface area contributed by atoms with E-state index in [0.29, 0.717) is 0 Å². The van der Waals surface area contributed by atoms with Gasteiger partial charge in [-0.1, -0.05) is 82.1 Å². The summed E-state index contributed by atoms with van der Waals surface area (Å²) in [6, 6.07) is 0. The number of hydrogen-bond donors (Lipinski definition) is 0. The maximum absolute atomic E-state index is 10.8. The van der Waals surface area contributed by atoms with Crippen LogP contribution >= 0.6 is 0 Å².